The zero-order valence-corrected chi connectivity index (χ0v) is 16.6. The summed E-state index contributed by atoms with van der Waals surface area (Å²) >= 11 is 7.63. The SMILES string of the molecule is O=C(O)COc1ccc(SCc2cc(-c3ccc(Cl)cc3)on2)c2c1CCC2. The second-order valence-corrected chi connectivity index (χ2v) is 7.99. The van der Waals surface area contributed by atoms with Crippen LogP contribution in [-0.2, 0) is 23.4 Å². The molecule has 1 aliphatic rings. The fourth-order valence-electron chi connectivity index (χ4n) is 3.33. The Morgan fingerprint density at radius 2 is 1.96 bits per heavy atom. The summed E-state index contributed by atoms with van der Waals surface area (Å²) in [5.41, 5.74) is 4.20. The molecule has 7 heteroatoms. The maximum Gasteiger partial charge on any atom is 0.341 e. The number of thioether (sulfide) groups is 1. The Labute approximate surface area is 171 Å². The van der Waals surface area contributed by atoms with Crippen LogP contribution in [0.4, 0.5) is 0 Å². The highest BCUT2D eigenvalue weighted by Crippen LogP contribution is 2.38. The number of carbonyl (C=O) groups is 1. The number of hydrogen-bond acceptors (Lipinski definition) is 5. The van der Waals surface area contributed by atoms with Crippen molar-refractivity contribution in [3.63, 3.8) is 0 Å². The molecule has 28 heavy (non-hydrogen) atoms. The second-order valence-electron chi connectivity index (χ2n) is 6.53. The van der Waals surface area contributed by atoms with E-state index in [4.69, 9.17) is 26.0 Å². The molecule has 0 radical (unpaired) electrons. The normalized spacial score (nSPS) is 12.8. The van der Waals surface area contributed by atoms with Crippen LogP contribution >= 0.6 is 23.4 Å². The molecule has 0 bridgehead atoms. The van der Waals surface area contributed by atoms with Gasteiger partial charge in [-0.05, 0) is 66.8 Å². The lowest BCUT2D eigenvalue weighted by molar-refractivity contribution is -0.139. The summed E-state index contributed by atoms with van der Waals surface area (Å²) < 4.78 is 10.9. The van der Waals surface area contributed by atoms with Crippen LogP contribution in [-0.4, -0.2) is 22.8 Å². The van der Waals surface area contributed by atoms with Gasteiger partial charge in [-0.3, -0.25) is 0 Å². The molecule has 1 N–H and O–H groups in total. The van der Waals surface area contributed by atoms with Gasteiger partial charge in [-0.1, -0.05) is 16.8 Å². The Balaban J connectivity index is 1.46. The minimum atomic E-state index is -0.965. The summed E-state index contributed by atoms with van der Waals surface area (Å²) in [5.74, 6) is 1.13. The monoisotopic (exact) mass is 415 g/mol. The van der Waals surface area contributed by atoms with Crippen molar-refractivity contribution in [3.8, 4) is 17.1 Å². The van der Waals surface area contributed by atoms with Gasteiger partial charge in [0.15, 0.2) is 12.4 Å². The third kappa shape index (κ3) is 4.18. The summed E-state index contributed by atoms with van der Waals surface area (Å²) in [6, 6.07) is 13.3. The molecule has 0 amide bonds. The van der Waals surface area contributed by atoms with Crippen LogP contribution in [0.25, 0.3) is 11.3 Å². The van der Waals surface area contributed by atoms with E-state index in [9.17, 15) is 4.79 Å². The van der Waals surface area contributed by atoms with Gasteiger partial charge in [0, 0.05) is 27.3 Å². The fourth-order valence-corrected chi connectivity index (χ4v) is 4.46. The third-order valence-corrected chi connectivity index (χ3v) is 6.00. The zero-order valence-electron chi connectivity index (χ0n) is 15.0. The van der Waals surface area contributed by atoms with Crippen molar-refractivity contribution in [2.24, 2.45) is 0 Å². The molecule has 1 heterocycles. The molecule has 2 aromatic carbocycles. The first-order valence-corrected chi connectivity index (χ1v) is 10.3. The summed E-state index contributed by atoms with van der Waals surface area (Å²) in [5, 5.41) is 13.7. The molecule has 1 aliphatic carbocycles. The highest BCUT2D eigenvalue weighted by molar-refractivity contribution is 7.98. The lowest BCUT2D eigenvalue weighted by atomic mass is 10.1. The van der Waals surface area contributed by atoms with Gasteiger partial charge < -0.3 is 14.4 Å². The van der Waals surface area contributed by atoms with E-state index in [1.54, 1.807) is 11.8 Å². The minimum absolute atomic E-state index is 0.314. The van der Waals surface area contributed by atoms with Crippen molar-refractivity contribution >= 4 is 29.3 Å². The predicted molar refractivity (Wildman–Crippen MR) is 108 cm³/mol. The summed E-state index contributed by atoms with van der Waals surface area (Å²) in [6.45, 7) is -0.314. The van der Waals surface area contributed by atoms with Crippen molar-refractivity contribution in [2.75, 3.05) is 6.61 Å². The number of halogens is 1. The average molecular weight is 416 g/mol. The molecule has 0 aliphatic heterocycles. The molecule has 0 spiro atoms. The van der Waals surface area contributed by atoms with Crippen LogP contribution in [0.2, 0.25) is 5.02 Å². The number of ether oxygens (including phenoxy) is 1. The van der Waals surface area contributed by atoms with E-state index in [2.05, 4.69) is 5.16 Å². The quantitative estimate of drug-likeness (QED) is 0.532. The van der Waals surface area contributed by atoms with Crippen LogP contribution in [0.3, 0.4) is 0 Å². The number of aliphatic carboxylic acids is 1. The molecule has 0 saturated heterocycles. The summed E-state index contributed by atoms with van der Waals surface area (Å²) in [7, 11) is 0. The molecule has 0 atom stereocenters. The van der Waals surface area contributed by atoms with E-state index in [-0.39, 0.29) is 6.61 Å². The van der Waals surface area contributed by atoms with Gasteiger partial charge in [-0.2, -0.15) is 0 Å². The van der Waals surface area contributed by atoms with E-state index in [1.807, 2.05) is 42.5 Å². The molecule has 0 unspecified atom stereocenters. The number of nitrogens with zero attached hydrogens (tertiary/aromatic N) is 1. The molecule has 1 aromatic heterocycles. The molecule has 5 nitrogen and oxygen atoms in total. The van der Waals surface area contributed by atoms with Crippen LogP contribution in [0.15, 0.2) is 51.9 Å². The Bertz CT molecular complexity index is 1000. The van der Waals surface area contributed by atoms with Gasteiger partial charge >= 0.3 is 5.97 Å². The van der Waals surface area contributed by atoms with Crippen molar-refractivity contribution in [1.82, 2.24) is 5.16 Å². The smallest absolute Gasteiger partial charge is 0.341 e. The Hall–Kier alpha value is -2.44. The fraction of sp³-hybridized carbons (Fsp3) is 0.238. The number of rotatable bonds is 7. The maximum atomic E-state index is 10.8. The molecule has 144 valence electrons. The predicted octanol–water partition coefficient (Wildman–Crippen LogP) is 5.24. The van der Waals surface area contributed by atoms with Gasteiger partial charge in [-0.15, -0.1) is 11.8 Å². The molecule has 0 saturated carbocycles. The van der Waals surface area contributed by atoms with Crippen LogP contribution in [0.5, 0.6) is 5.75 Å². The van der Waals surface area contributed by atoms with E-state index in [0.29, 0.717) is 16.5 Å². The van der Waals surface area contributed by atoms with Crippen molar-refractivity contribution in [3.05, 3.63) is 64.3 Å². The van der Waals surface area contributed by atoms with Crippen LogP contribution in [0, 0.1) is 0 Å². The van der Waals surface area contributed by atoms with Crippen molar-refractivity contribution < 1.29 is 19.2 Å². The lowest BCUT2D eigenvalue weighted by Crippen LogP contribution is -2.10. The number of benzene rings is 2. The average Bonchev–Trinajstić information content (AvgIpc) is 3.35. The summed E-state index contributed by atoms with van der Waals surface area (Å²) in [6.07, 6.45) is 2.96. The largest absolute Gasteiger partial charge is 0.482 e. The lowest BCUT2D eigenvalue weighted by Gasteiger charge is -2.12. The third-order valence-electron chi connectivity index (χ3n) is 4.61. The zero-order chi connectivity index (χ0) is 19.5. The number of carboxylic acids is 1. The molecule has 3 aromatic rings. The number of carboxylic acid groups (broad SMARTS) is 1. The highest BCUT2D eigenvalue weighted by Gasteiger charge is 2.20. The standard InChI is InChI=1S/C21H18ClNO4S/c22-14-6-4-13(5-7-14)19-10-15(23-27-19)12-28-20-9-8-18(26-11-21(24)25)16-2-1-3-17(16)20/h4-10H,1-3,11-12H2,(H,24,25). The molecule has 0 fully saturated rings. The summed E-state index contributed by atoms with van der Waals surface area (Å²) in [4.78, 5) is 12.0. The van der Waals surface area contributed by atoms with Gasteiger partial charge in [0.05, 0.1) is 5.69 Å². The van der Waals surface area contributed by atoms with Gasteiger partial charge in [0.25, 0.3) is 0 Å². The van der Waals surface area contributed by atoms with Crippen LogP contribution in [0.1, 0.15) is 23.2 Å². The maximum absolute atomic E-state index is 10.8. The van der Waals surface area contributed by atoms with Gasteiger partial charge in [0.2, 0.25) is 0 Å². The Kier molecular flexibility index (Phi) is 5.59. The molecular formula is C21H18ClNO4S. The van der Waals surface area contributed by atoms with E-state index in [0.717, 1.165) is 41.8 Å². The van der Waals surface area contributed by atoms with E-state index < -0.39 is 5.97 Å². The van der Waals surface area contributed by atoms with Gasteiger partial charge in [-0.25, -0.2) is 4.79 Å². The first kappa shape index (κ1) is 18.9. The first-order chi connectivity index (χ1) is 13.6. The van der Waals surface area contributed by atoms with Crippen molar-refractivity contribution in [2.45, 2.75) is 29.9 Å². The Morgan fingerprint density at radius 3 is 2.75 bits per heavy atom. The molecular weight excluding hydrogens is 398 g/mol. The van der Waals surface area contributed by atoms with Crippen molar-refractivity contribution in [1.29, 1.82) is 0 Å². The first-order valence-electron chi connectivity index (χ1n) is 8.94. The molecule has 4 rings (SSSR count). The van der Waals surface area contributed by atoms with Crippen LogP contribution < -0.4 is 4.74 Å². The van der Waals surface area contributed by atoms with Gasteiger partial charge in [0.1, 0.15) is 5.75 Å². The Morgan fingerprint density at radius 1 is 1.18 bits per heavy atom. The second kappa shape index (κ2) is 8.29. The van der Waals surface area contributed by atoms with E-state index in [1.165, 1.54) is 10.5 Å². The number of hydrogen-bond donors (Lipinski definition) is 1. The number of fused-ring (bicyclic) bond motifs is 1. The highest BCUT2D eigenvalue weighted by atomic mass is 35.5. The number of aromatic nitrogens is 1. The topological polar surface area (TPSA) is 72.6 Å². The minimum Gasteiger partial charge on any atom is -0.482 e. The van der Waals surface area contributed by atoms with E-state index >= 15 is 0 Å².